The second-order valence-corrected chi connectivity index (χ2v) is 8.22. The number of hydrogen-bond acceptors (Lipinski definition) is 6. The summed E-state index contributed by atoms with van der Waals surface area (Å²) in [5, 5.41) is 16.1. The SMILES string of the molecule is COC(=O)c1cc(Cc2ccccc2)sc1NC(=S)Nc1ccc([N+](=O)[O-])cc1C(F)(F)F. The molecule has 2 N–H and O–H groups in total. The van der Waals surface area contributed by atoms with Gasteiger partial charge in [0, 0.05) is 23.4 Å². The van der Waals surface area contributed by atoms with Gasteiger partial charge in [-0.1, -0.05) is 30.3 Å². The predicted octanol–water partition coefficient (Wildman–Crippen LogP) is 5.86. The molecule has 0 fully saturated rings. The molecule has 0 bridgehead atoms. The molecule has 172 valence electrons. The number of rotatable bonds is 6. The van der Waals surface area contributed by atoms with Crippen molar-refractivity contribution in [1.82, 2.24) is 0 Å². The number of anilines is 2. The van der Waals surface area contributed by atoms with Crippen molar-refractivity contribution < 1.29 is 27.6 Å². The lowest BCUT2D eigenvalue weighted by Crippen LogP contribution is -2.22. The summed E-state index contributed by atoms with van der Waals surface area (Å²) in [6, 6.07) is 13.4. The number of ether oxygens (including phenoxy) is 1. The number of nitro benzene ring substituents is 1. The Morgan fingerprint density at radius 1 is 1.15 bits per heavy atom. The summed E-state index contributed by atoms with van der Waals surface area (Å²) in [5.41, 5.74) is -1.24. The molecule has 0 spiro atoms. The lowest BCUT2D eigenvalue weighted by Gasteiger charge is -2.15. The number of alkyl halides is 3. The Labute approximate surface area is 195 Å². The Hall–Kier alpha value is -3.51. The zero-order chi connectivity index (χ0) is 24.2. The fourth-order valence-electron chi connectivity index (χ4n) is 2.93. The smallest absolute Gasteiger partial charge is 0.418 e. The molecule has 0 aliphatic heterocycles. The Kier molecular flexibility index (Phi) is 7.29. The lowest BCUT2D eigenvalue weighted by molar-refractivity contribution is -0.385. The van der Waals surface area contributed by atoms with Crippen LogP contribution in [-0.4, -0.2) is 23.1 Å². The first kappa shape index (κ1) is 24.1. The summed E-state index contributed by atoms with van der Waals surface area (Å²) in [5.74, 6) is -0.637. The first-order chi connectivity index (χ1) is 15.6. The van der Waals surface area contributed by atoms with Crippen LogP contribution in [-0.2, 0) is 17.3 Å². The number of nitro groups is 1. The van der Waals surface area contributed by atoms with Crippen LogP contribution in [0.5, 0.6) is 0 Å². The Morgan fingerprint density at radius 2 is 1.85 bits per heavy atom. The first-order valence-corrected chi connectivity index (χ1v) is 10.5. The Bertz CT molecular complexity index is 1200. The average molecular weight is 496 g/mol. The second kappa shape index (κ2) is 9.96. The second-order valence-electron chi connectivity index (χ2n) is 6.67. The molecule has 0 saturated heterocycles. The van der Waals surface area contributed by atoms with Crippen molar-refractivity contribution in [2.75, 3.05) is 17.7 Å². The van der Waals surface area contributed by atoms with Crippen LogP contribution in [0.4, 0.5) is 29.5 Å². The van der Waals surface area contributed by atoms with Gasteiger partial charge in [0.15, 0.2) is 5.11 Å². The average Bonchev–Trinajstić information content (AvgIpc) is 3.15. The maximum atomic E-state index is 13.4. The molecule has 0 aliphatic rings. The van der Waals surface area contributed by atoms with Crippen molar-refractivity contribution in [1.29, 1.82) is 0 Å². The van der Waals surface area contributed by atoms with E-state index >= 15 is 0 Å². The highest BCUT2D eigenvalue weighted by molar-refractivity contribution is 7.80. The lowest BCUT2D eigenvalue weighted by atomic mass is 10.1. The van der Waals surface area contributed by atoms with Gasteiger partial charge in [-0.25, -0.2) is 4.79 Å². The van der Waals surface area contributed by atoms with Crippen molar-refractivity contribution in [2.24, 2.45) is 0 Å². The van der Waals surface area contributed by atoms with Gasteiger partial charge >= 0.3 is 12.1 Å². The fraction of sp³-hybridized carbons (Fsp3) is 0.143. The third-order valence-electron chi connectivity index (χ3n) is 4.40. The van der Waals surface area contributed by atoms with E-state index in [0.29, 0.717) is 17.5 Å². The third-order valence-corrected chi connectivity index (χ3v) is 5.66. The molecule has 1 heterocycles. The molecule has 0 atom stereocenters. The number of hydrogen-bond donors (Lipinski definition) is 2. The first-order valence-electron chi connectivity index (χ1n) is 9.27. The van der Waals surface area contributed by atoms with Gasteiger partial charge in [-0.2, -0.15) is 13.2 Å². The highest BCUT2D eigenvalue weighted by atomic mass is 32.1. The van der Waals surface area contributed by atoms with E-state index in [4.69, 9.17) is 17.0 Å². The van der Waals surface area contributed by atoms with Crippen molar-refractivity contribution >= 4 is 51.0 Å². The van der Waals surface area contributed by atoms with E-state index in [-0.39, 0.29) is 10.7 Å². The number of benzene rings is 2. The van der Waals surface area contributed by atoms with Gasteiger partial charge in [-0.15, -0.1) is 11.3 Å². The minimum atomic E-state index is -4.85. The van der Waals surface area contributed by atoms with Crippen molar-refractivity contribution in [3.63, 3.8) is 0 Å². The minimum absolute atomic E-state index is 0.178. The number of nitrogens with one attached hydrogen (secondary N) is 2. The van der Waals surface area contributed by atoms with Crippen LogP contribution >= 0.6 is 23.6 Å². The molecule has 33 heavy (non-hydrogen) atoms. The molecular weight excluding hydrogens is 479 g/mol. The highest BCUT2D eigenvalue weighted by Gasteiger charge is 2.35. The van der Waals surface area contributed by atoms with E-state index in [2.05, 4.69) is 10.6 Å². The van der Waals surface area contributed by atoms with Gasteiger partial charge in [0.2, 0.25) is 0 Å². The van der Waals surface area contributed by atoms with Gasteiger partial charge < -0.3 is 15.4 Å². The molecule has 0 radical (unpaired) electrons. The summed E-state index contributed by atoms with van der Waals surface area (Å²) in [6.45, 7) is 0. The molecule has 0 saturated carbocycles. The molecule has 3 aromatic rings. The topological polar surface area (TPSA) is 93.5 Å². The van der Waals surface area contributed by atoms with E-state index in [9.17, 15) is 28.1 Å². The van der Waals surface area contributed by atoms with Crippen molar-refractivity contribution in [3.05, 3.63) is 86.3 Å². The monoisotopic (exact) mass is 495 g/mol. The van der Waals surface area contributed by atoms with Crippen LogP contribution in [0.25, 0.3) is 0 Å². The number of thiocarbonyl (C=S) groups is 1. The van der Waals surface area contributed by atoms with Crippen LogP contribution in [0.1, 0.15) is 26.4 Å². The molecular formula is C21H16F3N3O4S2. The highest BCUT2D eigenvalue weighted by Crippen LogP contribution is 2.37. The van der Waals surface area contributed by atoms with Crippen molar-refractivity contribution in [2.45, 2.75) is 12.6 Å². The van der Waals surface area contributed by atoms with E-state index in [1.165, 1.54) is 18.4 Å². The van der Waals surface area contributed by atoms with Crippen LogP contribution < -0.4 is 10.6 Å². The Balaban J connectivity index is 1.85. The standard InChI is InChI=1S/C21H16F3N3O4S2/c1-31-19(28)15-11-14(9-12-5-3-2-4-6-12)33-18(15)26-20(32)25-17-8-7-13(27(29)30)10-16(17)21(22,23)24/h2-8,10-11H,9H2,1H3,(H2,25,26,32). The van der Waals surface area contributed by atoms with Crippen molar-refractivity contribution in [3.8, 4) is 0 Å². The Morgan fingerprint density at radius 3 is 2.45 bits per heavy atom. The van der Waals surface area contributed by atoms with E-state index in [1.54, 1.807) is 6.07 Å². The number of halogens is 3. The molecule has 2 aromatic carbocycles. The summed E-state index contributed by atoms with van der Waals surface area (Å²) in [6.07, 6.45) is -4.33. The van der Waals surface area contributed by atoms with Gasteiger partial charge in [-0.05, 0) is 29.9 Å². The number of thiophene rings is 1. The van der Waals surface area contributed by atoms with E-state index in [0.717, 1.165) is 22.6 Å². The number of non-ortho nitro benzene ring substituents is 1. The maximum absolute atomic E-state index is 13.4. The number of nitrogens with zero attached hydrogens (tertiary/aromatic N) is 1. The normalized spacial score (nSPS) is 11.0. The van der Waals surface area contributed by atoms with Gasteiger partial charge in [0.1, 0.15) is 5.00 Å². The summed E-state index contributed by atoms with van der Waals surface area (Å²) < 4.78 is 45.0. The number of carbonyl (C=O) groups excluding carboxylic acids is 1. The zero-order valence-corrected chi connectivity index (χ0v) is 18.6. The summed E-state index contributed by atoms with van der Waals surface area (Å²) in [4.78, 5) is 22.9. The molecule has 12 heteroatoms. The van der Waals surface area contributed by atoms with E-state index in [1.807, 2.05) is 30.3 Å². The maximum Gasteiger partial charge on any atom is 0.418 e. The molecule has 0 amide bonds. The fourth-order valence-corrected chi connectivity index (χ4v) is 4.29. The number of methoxy groups -OCH3 is 1. The molecule has 0 aliphatic carbocycles. The number of carbonyl (C=O) groups is 1. The van der Waals surface area contributed by atoms with Crippen LogP contribution in [0.3, 0.4) is 0 Å². The minimum Gasteiger partial charge on any atom is -0.465 e. The quantitative estimate of drug-likeness (QED) is 0.191. The molecule has 1 aromatic heterocycles. The van der Waals surface area contributed by atoms with E-state index < -0.39 is 34.0 Å². The van der Waals surface area contributed by atoms with Gasteiger partial charge in [0.25, 0.3) is 5.69 Å². The van der Waals surface area contributed by atoms with Gasteiger partial charge in [-0.3, -0.25) is 10.1 Å². The van der Waals surface area contributed by atoms with Gasteiger partial charge in [0.05, 0.1) is 28.8 Å². The molecule has 3 rings (SSSR count). The largest absolute Gasteiger partial charge is 0.465 e. The molecule has 7 nitrogen and oxygen atoms in total. The van der Waals surface area contributed by atoms with Crippen LogP contribution in [0.2, 0.25) is 0 Å². The summed E-state index contributed by atoms with van der Waals surface area (Å²) >= 11 is 6.34. The third kappa shape index (κ3) is 6.05. The zero-order valence-electron chi connectivity index (χ0n) is 16.9. The predicted molar refractivity (Wildman–Crippen MR) is 123 cm³/mol. The molecule has 0 unspecified atom stereocenters. The van der Waals surface area contributed by atoms with Crippen LogP contribution in [0.15, 0.2) is 54.6 Å². The number of esters is 1. The summed E-state index contributed by atoms with van der Waals surface area (Å²) in [7, 11) is 1.21. The van der Waals surface area contributed by atoms with Crippen LogP contribution in [0, 0.1) is 10.1 Å².